The Morgan fingerprint density at radius 2 is 1.78 bits per heavy atom. The summed E-state index contributed by atoms with van der Waals surface area (Å²) in [7, 11) is 1.67. The Morgan fingerprint density at radius 1 is 1.03 bits per heavy atom. The largest absolute Gasteiger partial charge is 0.332 e. The van der Waals surface area contributed by atoms with E-state index in [9.17, 15) is 9.59 Å². The van der Waals surface area contributed by atoms with E-state index in [1.807, 2.05) is 60.9 Å². The summed E-state index contributed by atoms with van der Waals surface area (Å²) >= 11 is 6.36. The number of hydrogen-bond donors (Lipinski definition) is 0. The van der Waals surface area contributed by atoms with E-state index in [1.165, 1.54) is 9.13 Å². The number of imidazole rings is 1. The molecular formula is C24H24ClN5O2. The zero-order valence-corrected chi connectivity index (χ0v) is 19.1. The first-order chi connectivity index (χ1) is 15.3. The SMILES string of the molecule is Cc1ccc(Cn2c(=O)c3c(nc4n3CCCN4c3ccc(C)c(Cl)c3)n(C)c2=O)cc1. The van der Waals surface area contributed by atoms with Crippen molar-refractivity contribution < 1.29 is 0 Å². The normalized spacial score (nSPS) is 13.6. The highest BCUT2D eigenvalue weighted by molar-refractivity contribution is 6.31. The lowest BCUT2D eigenvalue weighted by Crippen LogP contribution is -2.40. The number of halogens is 1. The van der Waals surface area contributed by atoms with E-state index in [4.69, 9.17) is 16.6 Å². The highest BCUT2D eigenvalue weighted by atomic mass is 35.5. The quantitative estimate of drug-likeness (QED) is 0.477. The Morgan fingerprint density at radius 3 is 2.50 bits per heavy atom. The van der Waals surface area contributed by atoms with Crippen LogP contribution in [0.25, 0.3) is 11.2 Å². The van der Waals surface area contributed by atoms with Crippen molar-refractivity contribution in [1.29, 1.82) is 0 Å². The van der Waals surface area contributed by atoms with Crippen molar-refractivity contribution in [2.75, 3.05) is 11.4 Å². The van der Waals surface area contributed by atoms with Gasteiger partial charge in [-0.25, -0.2) is 4.79 Å². The minimum atomic E-state index is -0.372. The lowest BCUT2D eigenvalue weighted by molar-refractivity contribution is 0.597. The van der Waals surface area contributed by atoms with Crippen LogP contribution in [0.15, 0.2) is 52.1 Å². The summed E-state index contributed by atoms with van der Waals surface area (Å²) in [5.74, 6) is 0.659. The molecule has 4 aromatic rings. The molecule has 0 atom stereocenters. The maximum absolute atomic E-state index is 13.5. The minimum absolute atomic E-state index is 0.222. The number of fused-ring (bicyclic) bond motifs is 3. The molecule has 0 bridgehead atoms. The molecule has 1 aliphatic rings. The monoisotopic (exact) mass is 449 g/mol. The Hall–Kier alpha value is -3.32. The first-order valence-electron chi connectivity index (χ1n) is 10.6. The number of aryl methyl sites for hydroxylation is 4. The summed E-state index contributed by atoms with van der Waals surface area (Å²) in [6, 6.07) is 13.7. The minimum Gasteiger partial charge on any atom is -0.312 e. The Balaban J connectivity index is 1.68. The van der Waals surface area contributed by atoms with Gasteiger partial charge in [-0.1, -0.05) is 47.5 Å². The average molecular weight is 450 g/mol. The van der Waals surface area contributed by atoms with E-state index in [-0.39, 0.29) is 17.8 Å². The maximum Gasteiger partial charge on any atom is 0.332 e. The van der Waals surface area contributed by atoms with Crippen molar-refractivity contribution in [3.63, 3.8) is 0 Å². The molecule has 2 aromatic heterocycles. The van der Waals surface area contributed by atoms with Gasteiger partial charge in [0.25, 0.3) is 5.56 Å². The van der Waals surface area contributed by atoms with Gasteiger partial charge in [-0.05, 0) is 43.5 Å². The summed E-state index contributed by atoms with van der Waals surface area (Å²) in [5, 5.41) is 0.684. The molecule has 8 heteroatoms. The van der Waals surface area contributed by atoms with E-state index >= 15 is 0 Å². The number of nitrogens with zero attached hydrogens (tertiary/aromatic N) is 5. The number of hydrogen-bond acceptors (Lipinski definition) is 4. The molecular weight excluding hydrogens is 426 g/mol. The van der Waals surface area contributed by atoms with Gasteiger partial charge in [-0.2, -0.15) is 4.98 Å². The van der Waals surface area contributed by atoms with Gasteiger partial charge in [-0.15, -0.1) is 0 Å². The molecule has 7 nitrogen and oxygen atoms in total. The van der Waals surface area contributed by atoms with Gasteiger partial charge in [0.1, 0.15) is 0 Å². The summed E-state index contributed by atoms with van der Waals surface area (Å²) in [5.41, 5.74) is 4.13. The van der Waals surface area contributed by atoms with Gasteiger partial charge < -0.3 is 9.47 Å². The first kappa shape index (κ1) is 20.6. The molecule has 164 valence electrons. The van der Waals surface area contributed by atoms with Crippen LogP contribution in [0, 0.1) is 13.8 Å². The van der Waals surface area contributed by atoms with Crippen LogP contribution in [0.3, 0.4) is 0 Å². The van der Waals surface area contributed by atoms with Gasteiger partial charge in [0, 0.05) is 30.8 Å². The Kier molecular flexibility index (Phi) is 4.93. The van der Waals surface area contributed by atoms with E-state index in [0.29, 0.717) is 28.7 Å². The summed E-state index contributed by atoms with van der Waals surface area (Å²) in [6.07, 6.45) is 0.851. The second-order valence-electron chi connectivity index (χ2n) is 8.39. The van der Waals surface area contributed by atoms with Crippen molar-refractivity contribution >= 4 is 34.4 Å². The number of rotatable bonds is 3. The van der Waals surface area contributed by atoms with Crippen molar-refractivity contribution in [2.45, 2.75) is 33.4 Å². The predicted octanol–water partition coefficient (Wildman–Crippen LogP) is 3.76. The van der Waals surface area contributed by atoms with Crippen molar-refractivity contribution in [3.05, 3.63) is 85.0 Å². The summed E-state index contributed by atoms with van der Waals surface area (Å²) in [4.78, 5) is 33.4. The molecule has 0 unspecified atom stereocenters. The van der Waals surface area contributed by atoms with Gasteiger partial charge in [0.2, 0.25) is 5.95 Å². The van der Waals surface area contributed by atoms with Crippen molar-refractivity contribution in [3.8, 4) is 0 Å². The number of benzene rings is 2. The lowest BCUT2D eigenvalue weighted by atomic mass is 10.1. The molecule has 2 aromatic carbocycles. The van der Waals surface area contributed by atoms with Crippen LogP contribution in [-0.2, 0) is 20.1 Å². The molecule has 1 aliphatic heterocycles. The molecule has 0 N–H and O–H groups in total. The van der Waals surface area contributed by atoms with Crippen LogP contribution in [0.1, 0.15) is 23.1 Å². The van der Waals surface area contributed by atoms with E-state index in [0.717, 1.165) is 35.3 Å². The molecule has 0 radical (unpaired) electrons. The fourth-order valence-corrected chi connectivity index (χ4v) is 4.45. The van der Waals surface area contributed by atoms with Crippen molar-refractivity contribution in [2.24, 2.45) is 7.05 Å². The zero-order chi connectivity index (χ0) is 22.6. The van der Waals surface area contributed by atoms with Crippen LogP contribution in [0.4, 0.5) is 11.6 Å². The summed E-state index contributed by atoms with van der Waals surface area (Å²) in [6.45, 7) is 5.62. The molecule has 0 saturated heterocycles. The molecule has 32 heavy (non-hydrogen) atoms. The van der Waals surface area contributed by atoms with Crippen molar-refractivity contribution in [1.82, 2.24) is 18.7 Å². The number of anilines is 2. The fourth-order valence-electron chi connectivity index (χ4n) is 4.27. The van der Waals surface area contributed by atoms with Crippen LogP contribution >= 0.6 is 11.6 Å². The van der Waals surface area contributed by atoms with Gasteiger partial charge in [-0.3, -0.25) is 13.9 Å². The first-order valence-corrected chi connectivity index (χ1v) is 11.0. The second kappa shape index (κ2) is 7.67. The second-order valence-corrected chi connectivity index (χ2v) is 8.80. The molecule has 0 aliphatic carbocycles. The third kappa shape index (κ3) is 3.24. The van der Waals surface area contributed by atoms with Gasteiger partial charge in [0.05, 0.1) is 6.54 Å². The fraction of sp³-hybridized carbons (Fsp3) is 0.292. The molecule has 0 saturated carbocycles. The lowest BCUT2D eigenvalue weighted by Gasteiger charge is -2.29. The van der Waals surface area contributed by atoms with Gasteiger partial charge in [0.15, 0.2) is 11.2 Å². The standard InChI is InChI=1S/C24H24ClN5O2/c1-15-5-8-17(9-6-15)14-30-22(31)20-21(27(3)24(30)32)26-23-28(11-4-12-29(20)23)18-10-7-16(2)19(25)13-18/h5-10,13H,4,11-12,14H2,1-3H3. The zero-order valence-electron chi connectivity index (χ0n) is 18.3. The Labute approximate surface area is 190 Å². The van der Waals surface area contributed by atoms with E-state index in [1.54, 1.807) is 7.05 Å². The van der Waals surface area contributed by atoms with E-state index < -0.39 is 0 Å². The molecule has 0 spiro atoms. The smallest absolute Gasteiger partial charge is 0.312 e. The van der Waals surface area contributed by atoms with Crippen LogP contribution in [0.5, 0.6) is 0 Å². The third-order valence-electron chi connectivity index (χ3n) is 6.15. The maximum atomic E-state index is 13.5. The van der Waals surface area contributed by atoms with Crippen LogP contribution in [-0.4, -0.2) is 25.2 Å². The summed E-state index contributed by atoms with van der Waals surface area (Å²) < 4.78 is 4.69. The highest BCUT2D eigenvalue weighted by Crippen LogP contribution is 2.33. The highest BCUT2D eigenvalue weighted by Gasteiger charge is 2.27. The number of aromatic nitrogens is 4. The van der Waals surface area contributed by atoms with Crippen LogP contribution in [0.2, 0.25) is 5.02 Å². The topological polar surface area (TPSA) is 65.1 Å². The molecule has 5 rings (SSSR count). The van der Waals surface area contributed by atoms with Gasteiger partial charge >= 0.3 is 5.69 Å². The van der Waals surface area contributed by atoms with E-state index in [2.05, 4.69) is 4.90 Å². The molecule has 0 amide bonds. The predicted molar refractivity (Wildman–Crippen MR) is 127 cm³/mol. The molecule has 3 heterocycles. The van der Waals surface area contributed by atoms with Crippen LogP contribution < -0.4 is 16.1 Å². The average Bonchev–Trinajstić information content (AvgIpc) is 3.18. The Bertz CT molecular complexity index is 1460. The molecule has 0 fully saturated rings. The third-order valence-corrected chi connectivity index (χ3v) is 6.55.